The Morgan fingerprint density at radius 3 is 2.64 bits per heavy atom. The predicted molar refractivity (Wildman–Crippen MR) is 95.0 cm³/mol. The molecule has 0 amide bonds. The van der Waals surface area contributed by atoms with E-state index in [9.17, 15) is 4.39 Å². The standard InChI is InChI=1S/C19H23FN4O/c1-12-9-19-22-10-17(14(3)24(19)23-12)13(2)21-11-18(25-4)15-5-7-16(20)8-6-15/h5-10,13,18,21H,11H2,1-4H3/t13-,18+/m1/s1. The summed E-state index contributed by atoms with van der Waals surface area (Å²) >= 11 is 0. The minimum atomic E-state index is -0.246. The van der Waals surface area contributed by atoms with Crippen LogP contribution < -0.4 is 5.32 Å². The van der Waals surface area contributed by atoms with Crippen LogP contribution in [0.1, 0.15) is 41.6 Å². The highest BCUT2D eigenvalue weighted by molar-refractivity contribution is 5.42. The Morgan fingerprint density at radius 2 is 1.96 bits per heavy atom. The maximum Gasteiger partial charge on any atom is 0.155 e. The van der Waals surface area contributed by atoms with E-state index in [4.69, 9.17) is 4.74 Å². The highest BCUT2D eigenvalue weighted by Gasteiger charge is 2.16. The molecule has 132 valence electrons. The Labute approximate surface area is 146 Å². The monoisotopic (exact) mass is 342 g/mol. The fourth-order valence-electron chi connectivity index (χ4n) is 3.01. The van der Waals surface area contributed by atoms with E-state index in [0.717, 1.165) is 28.2 Å². The van der Waals surface area contributed by atoms with Crippen LogP contribution in [-0.4, -0.2) is 28.3 Å². The molecule has 2 heterocycles. The third kappa shape index (κ3) is 3.70. The van der Waals surface area contributed by atoms with E-state index in [0.29, 0.717) is 6.54 Å². The topological polar surface area (TPSA) is 51.5 Å². The van der Waals surface area contributed by atoms with Gasteiger partial charge in [-0.05, 0) is 38.5 Å². The zero-order valence-corrected chi connectivity index (χ0v) is 15.0. The summed E-state index contributed by atoms with van der Waals surface area (Å²) < 4.78 is 20.5. The van der Waals surface area contributed by atoms with Crippen molar-refractivity contribution >= 4 is 5.65 Å². The highest BCUT2D eigenvalue weighted by atomic mass is 19.1. The summed E-state index contributed by atoms with van der Waals surface area (Å²) in [5, 5.41) is 7.96. The van der Waals surface area contributed by atoms with Gasteiger partial charge in [0.25, 0.3) is 0 Å². The first-order chi connectivity index (χ1) is 12.0. The first kappa shape index (κ1) is 17.5. The number of rotatable bonds is 6. The number of nitrogens with zero attached hydrogens (tertiary/aromatic N) is 3. The minimum Gasteiger partial charge on any atom is -0.375 e. The summed E-state index contributed by atoms with van der Waals surface area (Å²) in [6.07, 6.45) is 1.75. The lowest BCUT2D eigenvalue weighted by Crippen LogP contribution is -2.26. The normalized spacial score (nSPS) is 14.0. The van der Waals surface area contributed by atoms with Gasteiger partial charge >= 0.3 is 0 Å². The van der Waals surface area contributed by atoms with Crippen molar-refractivity contribution < 1.29 is 9.13 Å². The second-order valence-corrected chi connectivity index (χ2v) is 6.26. The van der Waals surface area contributed by atoms with Crippen molar-refractivity contribution in [2.75, 3.05) is 13.7 Å². The molecule has 1 N–H and O–H groups in total. The van der Waals surface area contributed by atoms with Crippen LogP contribution in [0.25, 0.3) is 5.65 Å². The van der Waals surface area contributed by atoms with E-state index >= 15 is 0 Å². The fourth-order valence-corrected chi connectivity index (χ4v) is 3.01. The second-order valence-electron chi connectivity index (χ2n) is 6.26. The highest BCUT2D eigenvalue weighted by Crippen LogP contribution is 2.21. The molecule has 0 unspecified atom stereocenters. The molecule has 0 aliphatic carbocycles. The summed E-state index contributed by atoms with van der Waals surface area (Å²) in [5.74, 6) is -0.246. The number of hydrogen-bond donors (Lipinski definition) is 1. The second kappa shape index (κ2) is 7.29. The van der Waals surface area contributed by atoms with Crippen molar-refractivity contribution in [3.8, 4) is 0 Å². The van der Waals surface area contributed by atoms with E-state index in [1.165, 1.54) is 12.1 Å². The van der Waals surface area contributed by atoms with Gasteiger partial charge in [0.15, 0.2) is 5.65 Å². The van der Waals surface area contributed by atoms with E-state index in [1.54, 1.807) is 19.2 Å². The van der Waals surface area contributed by atoms with E-state index < -0.39 is 0 Å². The number of hydrogen-bond acceptors (Lipinski definition) is 4. The third-order valence-corrected chi connectivity index (χ3v) is 4.49. The van der Waals surface area contributed by atoms with Crippen LogP contribution in [0.15, 0.2) is 36.5 Å². The number of nitrogens with one attached hydrogen (secondary N) is 1. The molecule has 0 aliphatic heterocycles. The van der Waals surface area contributed by atoms with Crippen LogP contribution in [0, 0.1) is 19.7 Å². The van der Waals surface area contributed by atoms with Gasteiger partial charge < -0.3 is 10.1 Å². The largest absolute Gasteiger partial charge is 0.375 e. The van der Waals surface area contributed by atoms with Gasteiger partial charge in [-0.15, -0.1) is 0 Å². The summed E-state index contributed by atoms with van der Waals surface area (Å²) in [7, 11) is 1.66. The average molecular weight is 342 g/mol. The van der Waals surface area contributed by atoms with E-state index in [2.05, 4.69) is 22.3 Å². The molecule has 0 saturated carbocycles. The maximum atomic E-state index is 13.1. The molecule has 0 saturated heterocycles. The smallest absolute Gasteiger partial charge is 0.155 e. The van der Waals surface area contributed by atoms with Crippen molar-refractivity contribution in [2.24, 2.45) is 0 Å². The molecule has 0 spiro atoms. The lowest BCUT2D eigenvalue weighted by atomic mass is 10.1. The molecule has 0 aliphatic rings. The van der Waals surface area contributed by atoms with Crippen molar-refractivity contribution in [1.82, 2.24) is 19.9 Å². The molecule has 1 aromatic carbocycles. The number of aromatic nitrogens is 3. The molecule has 0 radical (unpaired) electrons. The Morgan fingerprint density at radius 1 is 1.24 bits per heavy atom. The summed E-state index contributed by atoms with van der Waals surface area (Å²) in [6, 6.07) is 8.45. The minimum absolute atomic E-state index is 0.0829. The molecule has 2 aromatic heterocycles. The van der Waals surface area contributed by atoms with Crippen LogP contribution in [0.4, 0.5) is 4.39 Å². The maximum absolute atomic E-state index is 13.1. The molecule has 0 fully saturated rings. The number of halogens is 1. The number of methoxy groups -OCH3 is 1. The number of aryl methyl sites for hydroxylation is 2. The van der Waals surface area contributed by atoms with Crippen LogP contribution >= 0.6 is 0 Å². The van der Waals surface area contributed by atoms with Gasteiger partial charge in [-0.1, -0.05) is 12.1 Å². The van der Waals surface area contributed by atoms with E-state index in [1.807, 2.05) is 30.6 Å². The van der Waals surface area contributed by atoms with Crippen LogP contribution in [0.3, 0.4) is 0 Å². The molecule has 25 heavy (non-hydrogen) atoms. The van der Waals surface area contributed by atoms with Gasteiger partial charge in [0.05, 0.1) is 11.8 Å². The summed E-state index contributed by atoms with van der Waals surface area (Å²) in [4.78, 5) is 4.49. The third-order valence-electron chi connectivity index (χ3n) is 4.49. The first-order valence-corrected chi connectivity index (χ1v) is 8.33. The Kier molecular flexibility index (Phi) is 5.11. The van der Waals surface area contributed by atoms with Gasteiger partial charge in [0.2, 0.25) is 0 Å². The summed E-state index contributed by atoms with van der Waals surface area (Å²) in [5.41, 5.74) is 4.89. The first-order valence-electron chi connectivity index (χ1n) is 8.33. The van der Waals surface area contributed by atoms with Crippen LogP contribution in [0.2, 0.25) is 0 Å². The zero-order chi connectivity index (χ0) is 18.0. The lowest BCUT2D eigenvalue weighted by Gasteiger charge is -2.21. The van der Waals surface area contributed by atoms with Crippen molar-refractivity contribution in [3.05, 3.63) is 64.9 Å². The number of benzene rings is 1. The Hall–Kier alpha value is -2.31. The quantitative estimate of drug-likeness (QED) is 0.745. The molecule has 3 aromatic rings. The molecule has 2 atom stereocenters. The van der Waals surface area contributed by atoms with Gasteiger partial charge in [0, 0.05) is 43.2 Å². The van der Waals surface area contributed by atoms with Crippen molar-refractivity contribution in [3.63, 3.8) is 0 Å². The fraction of sp³-hybridized carbons (Fsp3) is 0.368. The number of ether oxygens (including phenoxy) is 1. The molecular weight excluding hydrogens is 319 g/mol. The van der Waals surface area contributed by atoms with Gasteiger partial charge in [-0.25, -0.2) is 13.9 Å². The predicted octanol–water partition coefficient (Wildman–Crippen LogP) is 3.52. The van der Waals surface area contributed by atoms with Gasteiger partial charge in [-0.3, -0.25) is 0 Å². The van der Waals surface area contributed by atoms with Crippen LogP contribution in [0.5, 0.6) is 0 Å². The zero-order valence-electron chi connectivity index (χ0n) is 15.0. The van der Waals surface area contributed by atoms with Crippen molar-refractivity contribution in [1.29, 1.82) is 0 Å². The molecule has 6 heteroatoms. The summed E-state index contributed by atoms with van der Waals surface area (Å²) in [6.45, 7) is 6.70. The van der Waals surface area contributed by atoms with Gasteiger partial charge in [0.1, 0.15) is 5.82 Å². The molecule has 0 bridgehead atoms. The molecular formula is C19H23FN4O. The number of fused-ring (bicyclic) bond motifs is 1. The van der Waals surface area contributed by atoms with E-state index in [-0.39, 0.29) is 18.0 Å². The molecule has 3 rings (SSSR count). The van der Waals surface area contributed by atoms with Crippen molar-refractivity contribution in [2.45, 2.75) is 32.9 Å². The Bertz CT molecular complexity index is 860. The van der Waals surface area contributed by atoms with Crippen LogP contribution in [-0.2, 0) is 4.74 Å². The lowest BCUT2D eigenvalue weighted by molar-refractivity contribution is 0.0998. The Balaban J connectivity index is 1.74. The molecule has 5 nitrogen and oxygen atoms in total. The van der Waals surface area contributed by atoms with Gasteiger partial charge in [-0.2, -0.15) is 5.10 Å². The average Bonchev–Trinajstić information content (AvgIpc) is 2.98. The SMILES string of the molecule is CO[C@@H](CN[C@H](C)c1cnc2cc(C)nn2c1C)c1ccc(F)cc1.